The van der Waals surface area contributed by atoms with Crippen LogP contribution in [0.3, 0.4) is 0 Å². The summed E-state index contributed by atoms with van der Waals surface area (Å²) in [5, 5.41) is 0. The molecule has 0 aliphatic heterocycles. The lowest BCUT2D eigenvalue weighted by Gasteiger charge is -2.20. The average Bonchev–Trinajstić information content (AvgIpc) is 3.07. The zero-order valence-corrected chi connectivity index (χ0v) is 10.4. The van der Waals surface area contributed by atoms with E-state index in [2.05, 4.69) is 24.0 Å². The second kappa shape index (κ2) is 3.85. The molecule has 0 spiro atoms. The predicted octanol–water partition coefficient (Wildman–Crippen LogP) is 1.54. The van der Waals surface area contributed by atoms with Gasteiger partial charge in [-0.1, -0.05) is 12.1 Å². The number of hydrogen-bond donors (Lipinski definition) is 2. The van der Waals surface area contributed by atoms with Crippen molar-refractivity contribution in [3.8, 4) is 5.69 Å². The number of H-pyrrole nitrogens is 1. The lowest BCUT2D eigenvalue weighted by Crippen LogP contribution is -2.31. The summed E-state index contributed by atoms with van der Waals surface area (Å²) in [4.78, 5) is 14.3. The molecule has 94 valence electrons. The second-order valence-corrected chi connectivity index (χ2v) is 5.13. The molecular formula is C14H17N3O. The third-order valence-electron chi connectivity index (χ3n) is 4.01. The molecular weight excluding hydrogens is 226 g/mol. The van der Waals surface area contributed by atoms with Crippen LogP contribution in [0.2, 0.25) is 0 Å². The van der Waals surface area contributed by atoms with Crippen molar-refractivity contribution in [1.82, 2.24) is 9.55 Å². The van der Waals surface area contributed by atoms with Gasteiger partial charge in [0.05, 0.1) is 5.69 Å². The van der Waals surface area contributed by atoms with E-state index in [0.29, 0.717) is 0 Å². The average molecular weight is 243 g/mol. The zero-order valence-electron chi connectivity index (χ0n) is 10.4. The molecule has 3 rings (SSSR count). The van der Waals surface area contributed by atoms with Crippen LogP contribution in [-0.2, 0) is 5.41 Å². The van der Waals surface area contributed by atoms with Gasteiger partial charge in [-0.15, -0.1) is 0 Å². The molecule has 1 aliphatic rings. The van der Waals surface area contributed by atoms with E-state index in [1.807, 2.05) is 12.1 Å². The fraction of sp³-hybridized carbons (Fsp3) is 0.357. The van der Waals surface area contributed by atoms with Crippen LogP contribution < -0.4 is 11.4 Å². The molecule has 1 aliphatic carbocycles. The molecule has 3 N–H and O–H groups in total. The van der Waals surface area contributed by atoms with Crippen molar-refractivity contribution in [3.05, 3.63) is 52.7 Å². The molecule has 2 aromatic rings. The summed E-state index contributed by atoms with van der Waals surface area (Å²) in [5.41, 5.74) is 8.23. The second-order valence-electron chi connectivity index (χ2n) is 5.13. The number of imidazole rings is 1. The Balaban J connectivity index is 2.06. The van der Waals surface area contributed by atoms with E-state index in [4.69, 9.17) is 5.73 Å². The van der Waals surface area contributed by atoms with Gasteiger partial charge in [0.2, 0.25) is 0 Å². The summed E-state index contributed by atoms with van der Waals surface area (Å²) in [5.74, 6) is 0. The number of nitrogens with one attached hydrogen (secondary N) is 1. The Kier molecular flexibility index (Phi) is 2.41. The van der Waals surface area contributed by atoms with Crippen molar-refractivity contribution in [1.29, 1.82) is 0 Å². The summed E-state index contributed by atoms with van der Waals surface area (Å²) < 4.78 is 1.61. The predicted molar refractivity (Wildman–Crippen MR) is 71.0 cm³/mol. The molecule has 1 aromatic heterocycles. The third kappa shape index (κ3) is 1.61. The van der Waals surface area contributed by atoms with Gasteiger partial charge in [0, 0.05) is 23.9 Å². The highest BCUT2D eigenvalue weighted by Crippen LogP contribution is 2.50. The van der Waals surface area contributed by atoms with Gasteiger partial charge >= 0.3 is 5.69 Å². The lowest BCUT2D eigenvalue weighted by atomic mass is 9.89. The van der Waals surface area contributed by atoms with Crippen molar-refractivity contribution in [2.24, 2.45) is 5.73 Å². The monoisotopic (exact) mass is 243 g/mol. The Morgan fingerprint density at radius 2 is 2.22 bits per heavy atom. The van der Waals surface area contributed by atoms with Crippen LogP contribution in [0.5, 0.6) is 0 Å². The Morgan fingerprint density at radius 3 is 2.78 bits per heavy atom. The highest BCUT2D eigenvalue weighted by molar-refractivity contribution is 5.42. The maximum Gasteiger partial charge on any atom is 0.330 e. The third-order valence-corrected chi connectivity index (χ3v) is 4.01. The Hall–Kier alpha value is -1.81. The van der Waals surface area contributed by atoms with Gasteiger partial charge in [0.25, 0.3) is 0 Å². The van der Waals surface area contributed by atoms with Crippen molar-refractivity contribution >= 4 is 0 Å². The SMILES string of the molecule is CC(N)C1(c2cccc(-n3cc[nH]c3=O)c2)CC1. The van der Waals surface area contributed by atoms with Crippen molar-refractivity contribution in [3.63, 3.8) is 0 Å². The summed E-state index contributed by atoms with van der Waals surface area (Å²) in [7, 11) is 0. The fourth-order valence-electron chi connectivity index (χ4n) is 2.63. The maximum absolute atomic E-state index is 11.6. The number of rotatable bonds is 3. The number of benzene rings is 1. The molecule has 4 heteroatoms. The topological polar surface area (TPSA) is 63.8 Å². The molecule has 1 unspecified atom stereocenters. The first kappa shape index (κ1) is 11.3. The first-order valence-electron chi connectivity index (χ1n) is 6.26. The highest BCUT2D eigenvalue weighted by Gasteiger charge is 2.47. The zero-order chi connectivity index (χ0) is 12.8. The van der Waals surface area contributed by atoms with Crippen LogP contribution in [0.25, 0.3) is 5.69 Å². The molecule has 18 heavy (non-hydrogen) atoms. The standard InChI is InChI=1S/C14H17N3O/c1-10(15)14(5-6-14)11-3-2-4-12(9-11)17-8-7-16-13(17)18/h2-4,7-10H,5-6,15H2,1H3,(H,16,18). The molecule has 0 radical (unpaired) electrons. The van der Waals surface area contributed by atoms with Crippen molar-refractivity contribution < 1.29 is 0 Å². The van der Waals surface area contributed by atoms with Gasteiger partial charge in [0.1, 0.15) is 0 Å². The number of hydrogen-bond acceptors (Lipinski definition) is 2. The van der Waals surface area contributed by atoms with E-state index in [9.17, 15) is 4.79 Å². The molecule has 1 aromatic carbocycles. The largest absolute Gasteiger partial charge is 0.330 e. The minimum absolute atomic E-state index is 0.113. The molecule has 1 saturated carbocycles. The smallest absolute Gasteiger partial charge is 0.327 e. The fourth-order valence-corrected chi connectivity index (χ4v) is 2.63. The summed E-state index contributed by atoms with van der Waals surface area (Å²) in [6.45, 7) is 2.06. The highest BCUT2D eigenvalue weighted by atomic mass is 16.1. The minimum Gasteiger partial charge on any atom is -0.327 e. The van der Waals surface area contributed by atoms with Gasteiger partial charge in [-0.3, -0.25) is 4.57 Å². The van der Waals surface area contributed by atoms with Gasteiger partial charge in [-0.05, 0) is 37.5 Å². The van der Waals surface area contributed by atoms with E-state index in [1.54, 1.807) is 17.0 Å². The summed E-state index contributed by atoms with van der Waals surface area (Å²) in [6.07, 6.45) is 5.66. The van der Waals surface area contributed by atoms with Crippen LogP contribution in [0.15, 0.2) is 41.5 Å². The molecule has 1 fully saturated rings. The lowest BCUT2D eigenvalue weighted by molar-refractivity contribution is 0.556. The van der Waals surface area contributed by atoms with E-state index < -0.39 is 0 Å². The van der Waals surface area contributed by atoms with E-state index in [1.165, 1.54) is 5.56 Å². The minimum atomic E-state index is -0.113. The van der Waals surface area contributed by atoms with Crippen LogP contribution in [0.1, 0.15) is 25.3 Å². The van der Waals surface area contributed by atoms with E-state index >= 15 is 0 Å². The summed E-state index contributed by atoms with van der Waals surface area (Å²) >= 11 is 0. The molecule has 0 amide bonds. The normalized spacial score (nSPS) is 18.6. The van der Waals surface area contributed by atoms with Gasteiger partial charge in [0.15, 0.2) is 0 Å². The quantitative estimate of drug-likeness (QED) is 0.859. The molecule has 1 heterocycles. The Bertz CT molecular complexity index is 620. The Morgan fingerprint density at radius 1 is 1.44 bits per heavy atom. The number of nitrogens with two attached hydrogens (primary N) is 1. The van der Waals surface area contributed by atoms with Gasteiger partial charge in [-0.2, -0.15) is 0 Å². The van der Waals surface area contributed by atoms with E-state index in [-0.39, 0.29) is 17.1 Å². The van der Waals surface area contributed by atoms with Crippen LogP contribution in [0, 0.1) is 0 Å². The van der Waals surface area contributed by atoms with Crippen molar-refractivity contribution in [2.75, 3.05) is 0 Å². The number of nitrogens with zero attached hydrogens (tertiary/aromatic N) is 1. The first-order valence-corrected chi connectivity index (χ1v) is 6.26. The van der Waals surface area contributed by atoms with Gasteiger partial charge in [-0.25, -0.2) is 4.79 Å². The van der Waals surface area contributed by atoms with Crippen LogP contribution >= 0.6 is 0 Å². The number of aromatic amines is 1. The molecule has 0 bridgehead atoms. The van der Waals surface area contributed by atoms with Crippen LogP contribution in [0.4, 0.5) is 0 Å². The van der Waals surface area contributed by atoms with Gasteiger partial charge < -0.3 is 10.7 Å². The van der Waals surface area contributed by atoms with Crippen molar-refractivity contribution in [2.45, 2.75) is 31.2 Å². The molecule has 0 saturated heterocycles. The molecule has 4 nitrogen and oxygen atoms in total. The first-order chi connectivity index (χ1) is 8.63. The maximum atomic E-state index is 11.6. The summed E-state index contributed by atoms with van der Waals surface area (Å²) in [6, 6.07) is 8.27. The van der Waals surface area contributed by atoms with Crippen LogP contribution in [-0.4, -0.2) is 15.6 Å². The van der Waals surface area contributed by atoms with E-state index in [0.717, 1.165) is 18.5 Å². The molecule has 1 atom stereocenters. The number of aromatic nitrogens is 2. The Labute approximate surface area is 105 Å².